The number of carboxylic acids is 1. The van der Waals surface area contributed by atoms with Crippen LogP contribution in [0.4, 0.5) is 4.79 Å². The molecule has 8 heteroatoms. The molecular formula is C16H10ClNO5S. The maximum Gasteiger partial charge on any atom is 0.323 e. The third-order valence-electron chi connectivity index (χ3n) is 3.18. The molecule has 1 fully saturated rings. The van der Waals surface area contributed by atoms with Crippen LogP contribution in [0, 0.1) is 0 Å². The average molecular weight is 364 g/mol. The van der Waals surface area contributed by atoms with Crippen molar-refractivity contribution in [2.45, 2.75) is 0 Å². The number of hydrogen-bond donors (Lipinski definition) is 1. The van der Waals surface area contributed by atoms with E-state index in [0.717, 1.165) is 5.56 Å². The molecule has 0 saturated carbocycles. The first-order chi connectivity index (χ1) is 11.4. The number of amides is 2. The molecule has 0 aliphatic carbocycles. The number of halogens is 1. The summed E-state index contributed by atoms with van der Waals surface area (Å²) in [7, 11) is 0. The number of benzene rings is 1. The van der Waals surface area contributed by atoms with Crippen LogP contribution in [0.2, 0.25) is 5.02 Å². The molecule has 0 bridgehead atoms. The number of nitrogens with zero attached hydrogens (tertiary/aromatic N) is 1. The van der Waals surface area contributed by atoms with Gasteiger partial charge in [-0.1, -0.05) is 23.7 Å². The maximum atomic E-state index is 12.1. The lowest BCUT2D eigenvalue weighted by Gasteiger charge is -2.07. The van der Waals surface area contributed by atoms with Gasteiger partial charge in [0.15, 0.2) is 0 Å². The summed E-state index contributed by atoms with van der Waals surface area (Å²) < 4.78 is 5.64. The van der Waals surface area contributed by atoms with Crippen LogP contribution < -0.4 is 0 Å². The second-order valence-corrected chi connectivity index (χ2v) is 6.30. The van der Waals surface area contributed by atoms with E-state index in [-0.39, 0.29) is 4.91 Å². The van der Waals surface area contributed by atoms with Crippen LogP contribution in [0.15, 0.2) is 45.7 Å². The van der Waals surface area contributed by atoms with Gasteiger partial charge in [-0.3, -0.25) is 19.3 Å². The summed E-state index contributed by atoms with van der Waals surface area (Å²) in [6.07, 6.45) is 1.42. The van der Waals surface area contributed by atoms with E-state index < -0.39 is 23.7 Å². The number of carbonyl (C=O) groups is 3. The van der Waals surface area contributed by atoms with E-state index in [9.17, 15) is 14.4 Å². The van der Waals surface area contributed by atoms with E-state index in [1.165, 1.54) is 6.08 Å². The van der Waals surface area contributed by atoms with Gasteiger partial charge in [0.1, 0.15) is 18.1 Å². The topological polar surface area (TPSA) is 87.8 Å². The van der Waals surface area contributed by atoms with Crippen molar-refractivity contribution in [1.82, 2.24) is 4.90 Å². The Morgan fingerprint density at radius 2 is 2.08 bits per heavy atom. The van der Waals surface area contributed by atoms with Crippen molar-refractivity contribution in [3.63, 3.8) is 0 Å². The summed E-state index contributed by atoms with van der Waals surface area (Å²) in [5, 5.41) is 8.69. The first-order valence-electron chi connectivity index (χ1n) is 6.77. The number of rotatable bonds is 4. The Morgan fingerprint density at radius 1 is 1.29 bits per heavy atom. The Hall–Kier alpha value is -2.51. The van der Waals surface area contributed by atoms with Gasteiger partial charge in [-0.15, -0.1) is 0 Å². The fourth-order valence-corrected chi connectivity index (χ4v) is 3.14. The van der Waals surface area contributed by atoms with Crippen molar-refractivity contribution in [3.8, 4) is 11.3 Å². The number of aliphatic carboxylic acids is 1. The van der Waals surface area contributed by atoms with E-state index in [1.807, 2.05) is 6.07 Å². The van der Waals surface area contributed by atoms with Crippen LogP contribution in [0.1, 0.15) is 5.76 Å². The molecule has 1 aromatic carbocycles. The lowest BCUT2D eigenvalue weighted by atomic mass is 10.2. The van der Waals surface area contributed by atoms with Gasteiger partial charge >= 0.3 is 5.97 Å². The monoisotopic (exact) mass is 363 g/mol. The van der Waals surface area contributed by atoms with Gasteiger partial charge in [0.25, 0.3) is 11.1 Å². The summed E-state index contributed by atoms with van der Waals surface area (Å²) in [5.41, 5.74) is 0.779. The molecule has 0 radical (unpaired) electrons. The first kappa shape index (κ1) is 16.4. The second-order valence-electron chi connectivity index (χ2n) is 4.87. The zero-order valence-electron chi connectivity index (χ0n) is 12.1. The fraction of sp³-hybridized carbons (Fsp3) is 0.0625. The molecule has 0 spiro atoms. The summed E-state index contributed by atoms with van der Waals surface area (Å²) in [6.45, 7) is -0.659. The number of thioether (sulfide) groups is 1. The average Bonchev–Trinajstić information content (AvgIpc) is 3.08. The van der Waals surface area contributed by atoms with Gasteiger partial charge in [-0.25, -0.2) is 0 Å². The molecule has 1 saturated heterocycles. The molecule has 2 heterocycles. The summed E-state index contributed by atoms with van der Waals surface area (Å²) in [4.78, 5) is 35.3. The van der Waals surface area contributed by atoms with Crippen molar-refractivity contribution < 1.29 is 23.9 Å². The molecule has 1 aliphatic rings. The molecule has 1 aromatic heterocycles. The quantitative estimate of drug-likeness (QED) is 0.833. The normalized spacial score (nSPS) is 16.2. The highest BCUT2D eigenvalue weighted by molar-refractivity contribution is 8.18. The van der Waals surface area contributed by atoms with Crippen molar-refractivity contribution >= 4 is 46.6 Å². The fourth-order valence-electron chi connectivity index (χ4n) is 2.13. The highest BCUT2D eigenvalue weighted by atomic mass is 35.5. The Balaban J connectivity index is 1.84. The largest absolute Gasteiger partial charge is 0.480 e. The predicted octanol–water partition coefficient (Wildman–Crippen LogP) is 3.72. The van der Waals surface area contributed by atoms with Crippen LogP contribution in [-0.4, -0.2) is 33.7 Å². The first-order valence-corrected chi connectivity index (χ1v) is 7.96. The minimum absolute atomic E-state index is 0.119. The lowest BCUT2D eigenvalue weighted by Crippen LogP contribution is -2.33. The molecule has 122 valence electrons. The minimum Gasteiger partial charge on any atom is -0.480 e. The number of carbonyl (C=O) groups excluding carboxylic acids is 2. The van der Waals surface area contributed by atoms with E-state index in [2.05, 4.69) is 0 Å². The van der Waals surface area contributed by atoms with Crippen LogP contribution in [0.25, 0.3) is 17.4 Å². The van der Waals surface area contributed by atoms with Crippen molar-refractivity contribution in [2.24, 2.45) is 0 Å². The Labute approximate surface area is 145 Å². The highest BCUT2D eigenvalue weighted by Gasteiger charge is 2.36. The zero-order valence-corrected chi connectivity index (χ0v) is 13.6. The van der Waals surface area contributed by atoms with Crippen LogP contribution in [0.5, 0.6) is 0 Å². The number of hydrogen-bond acceptors (Lipinski definition) is 5. The third-order valence-corrected chi connectivity index (χ3v) is 4.32. The van der Waals surface area contributed by atoms with Crippen molar-refractivity contribution in [2.75, 3.05) is 6.54 Å². The standard InChI is InChI=1S/C16H10ClNO5S/c17-10-3-1-2-9(6-10)12-5-4-11(23-12)7-13-15(21)18(8-14(19)20)16(22)24-13/h1-7H,8H2,(H,19,20)/b13-7+. The third kappa shape index (κ3) is 3.37. The molecule has 0 atom stereocenters. The highest BCUT2D eigenvalue weighted by Crippen LogP contribution is 2.33. The summed E-state index contributed by atoms with van der Waals surface area (Å²) >= 11 is 6.62. The summed E-state index contributed by atoms with van der Waals surface area (Å²) in [6, 6.07) is 10.5. The van der Waals surface area contributed by atoms with Crippen molar-refractivity contribution in [3.05, 3.63) is 52.1 Å². The Kier molecular flexibility index (Phi) is 4.46. The predicted molar refractivity (Wildman–Crippen MR) is 89.5 cm³/mol. The summed E-state index contributed by atoms with van der Waals surface area (Å²) in [5.74, 6) is -0.952. The molecule has 1 aliphatic heterocycles. The van der Waals surface area contributed by atoms with E-state index in [1.54, 1.807) is 30.3 Å². The van der Waals surface area contributed by atoms with Gasteiger partial charge in [-0.05, 0) is 36.0 Å². The van der Waals surface area contributed by atoms with E-state index >= 15 is 0 Å². The van der Waals surface area contributed by atoms with Crippen molar-refractivity contribution in [1.29, 1.82) is 0 Å². The molecule has 2 amide bonds. The zero-order chi connectivity index (χ0) is 17.3. The smallest absolute Gasteiger partial charge is 0.323 e. The molecular weight excluding hydrogens is 354 g/mol. The Bertz CT molecular complexity index is 873. The number of imide groups is 1. The van der Waals surface area contributed by atoms with Gasteiger partial charge in [-0.2, -0.15) is 0 Å². The number of furan rings is 1. The van der Waals surface area contributed by atoms with Gasteiger partial charge < -0.3 is 9.52 Å². The Morgan fingerprint density at radius 3 is 2.79 bits per heavy atom. The van der Waals surface area contributed by atoms with Crippen LogP contribution in [-0.2, 0) is 9.59 Å². The molecule has 2 aromatic rings. The van der Waals surface area contributed by atoms with Crippen LogP contribution >= 0.6 is 23.4 Å². The van der Waals surface area contributed by atoms with Gasteiger partial charge in [0.2, 0.25) is 0 Å². The molecule has 24 heavy (non-hydrogen) atoms. The SMILES string of the molecule is O=C(O)CN1C(=O)S/C(=C/c2ccc(-c3cccc(Cl)c3)o2)C1=O. The molecule has 6 nitrogen and oxygen atoms in total. The van der Waals surface area contributed by atoms with Gasteiger partial charge in [0.05, 0.1) is 4.91 Å². The minimum atomic E-state index is -1.25. The van der Waals surface area contributed by atoms with Gasteiger partial charge in [0, 0.05) is 16.7 Å². The number of carboxylic acid groups (broad SMARTS) is 1. The van der Waals surface area contributed by atoms with E-state index in [4.69, 9.17) is 21.1 Å². The molecule has 0 unspecified atom stereocenters. The maximum absolute atomic E-state index is 12.1. The van der Waals surface area contributed by atoms with E-state index in [0.29, 0.717) is 33.2 Å². The molecule has 1 N–H and O–H groups in total. The second kappa shape index (κ2) is 6.54. The molecule has 3 rings (SSSR count). The van der Waals surface area contributed by atoms with Crippen LogP contribution in [0.3, 0.4) is 0 Å². The lowest BCUT2D eigenvalue weighted by molar-refractivity contribution is -0.140.